The van der Waals surface area contributed by atoms with Crippen molar-refractivity contribution < 1.29 is 9.53 Å². The molecule has 0 bridgehead atoms. The van der Waals surface area contributed by atoms with Crippen molar-refractivity contribution >= 4 is 17.6 Å². The van der Waals surface area contributed by atoms with Gasteiger partial charge >= 0.3 is 5.97 Å². The number of esters is 1. The van der Waals surface area contributed by atoms with Crippen molar-refractivity contribution in [2.75, 3.05) is 5.88 Å². The fourth-order valence-corrected chi connectivity index (χ4v) is 3.76. The van der Waals surface area contributed by atoms with Crippen LogP contribution in [-0.4, -0.2) is 18.0 Å². The summed E-state index contributed by atoms with van der Waals surface area (Å²) in [5, 5.41) is 0. The molecule has 0 aromatic rings. The maximum absolute atomic E-state index is 12.2. The average molecular weight is 287 g/mol. The second-order valence-corrected chi connectivity index (χ2v) is 7.26. The lowest BCUT2D eigenvalue weighted by Gasteiger charge is -2.36. The van der Waals surface area contributed by atoms with Gasteiger partial charge in [0.05, 0.1) is 5.92 Å². The summed E-state index contributed by atoms with van der Waals surface area (Å²) >= 11 is 5.73. The fourth-order valence-electron chi connectivity index (χ4n) is 3.48. The summed E-state index contributed by atoms with van der Waals surface area (Å²) in [7, 11) is 0. The summed E-state index contributed by atoms with van der Waals surface area (Å²) in [6.07, 6.45) is 5.60. The van der Waals surface area contributed by atoms with Crippen molar-refractivity contribution in [1.29, 1.82) is 0 Å². The van der Waals surface area contributed by atoms with Gasteiger partial charge < -0.3 is 4.74 Å². The molecule has 0 N–H and O–H groups in total. The van der Waals surface area contributed by atoms with Gasteiger partial charge in [0.2, 0.25) is 0 Å². The summed E-state index contributed by atoms with van der Waals surface area (Å²) in [4.78, 5) is 12.2. The Morgan fingerprint density at radius 3 is 2.68 bits per heavy atom. The Hall–Kier alpha value is -0.240. The Labute approximate surface area is 122 Å². The average Bonchev–Trinajstić information content (AvgIpc) is 3.08. The summed E-state index contributed by atoms with van der Waals surface area (Å²) in [5.41, 5.74) is 0. The highest BCUT2D eigenvalue weighted by Gasteiger charge is 2.45. The van der Waals surface area contributed by atoms with Gasteiger partial charge in [-0.1, -0.05) is 27.2 Å². The molecule has 110 valence electrons. The Kier molecular flexibility index (Phi) is 5.16. The third-order valence-electron chi connectivity index (χ3n) is 4.93. The highest BCUT2D eigenvalue weighted by molar-refractivity contribution is 6.17. The predicted molar refractivity (Wildman–Crippen MR) is 78.2 cm³/mol. The van der Waals surface area contributed by atoms with Gasteiger partial charge in [-0.05, 0) is 49.4 Å². The van der Waals surface area contributed by atoms with Crippen molar-refractivity contribution in [3.63, 3.8) is 0 Å². The molecular weight excluding hydrogens is 260 g/mol. The number of hydrogen-bond acceptors (Lipinski definition) is 2. The first-order chi connectivity index (χ1) is 9.02. The van der Waals surface area contributed by atoms with Gasteiger partial charge in [0.15, 0.2) is 0 Å². The number of hydrogen-bond donors (Lipinski definition) is 0. The first-order valence-corrected chi connectivity index (χ1v) is 8.32. The minimum absolute atomic E-state index is 0.0415. The van der Waals surface area contributed by atoms with Crippen LogP contribution in [0.2, 0.25) is 0 Å². The smallest absolute Gasteiger partial charge is 0.309 e. The molecule has 0 aliphatic heterocycles. The van der Waals surface area contributed by atoms with E-state index < -0.39 is 0 Å². The fraction of sp³-hybridized carbons (Fsp3) is 0.938. The maximum atomic E-state index is 12.2. The monoisotopic (exact) mass is 286 g/mol. The first kappa shape index (κ1) is 15.2. The Morgan fingerprint density at radius 1 is 1.32 bits per heavy atom. The lowest BCUT2D eigenvalue weighted by molar-refractivity contribution is -0.158. The molecule has 0 radical (unpaired) electrons. The molecule has 5 unspecified atom stereocenters. The zero-order valence-electron chi connectivity index (χ0n) is 12.4. The van der Waals surface area contributed by atoms with E-state index in [9.17, 15) is 4.79 Å². The number of carbonyl (C=O) groups excluding carboxylic acids is 1. The quantitative estimate of drug-likeness (QED) is 0.558. The number of rotatable bonds is 5. The number of halogens is 1. The van der Waals surface area contributed by atoms with Crippen LogP contribution in [0.15, 0.2) is 0 Å². The van der Waals surface area contributed by atoms with E-state index in [1.807, 2.05) is 0 Å². The second-order valence-electron chi connectivity index (χ2n) is 6.88. The second kappa shape index (κ2) is 6.47. The minimum atomic E-state index is 0.0415. The van der Waals surface area contributed by atoms with Gasteiger partial charge in [0, 0.05) is 5.88 Å². The standard InChI is InChI=1S/C16H27ClO2/c1-10(2)13-5-4-11(3)8-15(13)19-16(18)14-9-12(14)6-7-17/h10-15H,4-9H2,1-3H3. The van der Waals surface area contributed by atoms with Crippen LogP contribution in [0.5, 0.6) is 0 Å². The van der Waals surface area contributed by atoms with Crippen LogP contribution in [0.3, 0.4) is 0 Å². The van der Waals surface area contributed by atoms with E-state index in [0.29, 0.717) is 29.6 Å². The third-order valence-corrected chi connectivity index (χ3v) is 5.15. The van der Waals surface area contributed by atoms with Crippen LogP contribution in [0.4, 0.5) is 0 Å². The van der Waals surface area contributed by atoms with Gasteiger partial charge in [-0.15, -0.1) is 11.6 Å². The van der Waals surface area contributed by atoms with E-state index in [0.717, 1.165) is 19.3 Å². The summed E-state index contributed by atoms with van der Waals surface area (Å²) in [6.45, 7) is 6.76. The molecule has 2 saturated carbocycles. The molecule has 19 heavy (non-hydrogen) atoms. The van der Waals surface area contributed by atoms with Gasteiger partial charge in [0.25, 0.3) is 0 Å². The largest absolute Gasteiger partial charge is 0.462 e. The third kappa shape index (κ3) is 3.87. The van der Waals surface area contributed by atoms with Crippen LogP contribution in [0.25, 0.3) is 0 Å². The Bertz CT molecular complexity index is 316. The number of carbonyl (C=O) groups is 1. The van der Waals surface area contributed by atoms with Crippen molar-refractivity contribution in [1.82, 2.24) is 0 Å². The number of ether oxygens (including phenoxy) is 1. The van der Waals surface area contributed by atoms with Gasteiger partial charge in [-0.2, -0.15) is 0 Å². The van der Waals surface area contributed by atoms with E-state index in [1.165, 1.54) is 12.8 Å². The molecule has 0 spiro atoms. The molecule has 5 atom stereocenters. The lowest BCUT2D eigenvalue weighted by Crippen LogP contribution is -2.36. The van der Waals surface area contributed by atoms with Crippen molar-refractivity contribution in [3.8, 4) is 0 Å². The molecule has 0 aromatic carbocycles. The zero-order chi connectivity index (χ0) is 14.0. The number of alkyl halides is 1. The summed E-state index contributed by atoms with van der Waals surface area (Å²) < 4.78 is 5.85. The van der Waals surface area contributed by atoms with Gasteiger partial charge in [-0.3, -0.25) is 4.79 Å². The molecule has 3 heteroatoms. The summed E-state index contributed by atoms with van der Waals surface area (Å²) in [6, 6.07) is 0. The van der Waals surface area contributed by atoms with Crippen LogP contribution in [-0.2, 0) is 9.53 Å². The van der Waals surface area contributed by atoms with E-state index >= 15 is 0 Å². The maximum Gasteiger partial charge on any atom is 0.309 e. The van der Waals surface area contributed by atoms with Crippen LogP contribution < -0.4 is 0 Å². The Morgan fingerprint density at radius 2 is 2.05 bits per heavy atom. The van der Waals surface area contributed by atoms with E-state index in [2.05, 4.69) is 20.8 Å². The van der Waals surface area contributed by atoms with Crippen LogP contribution in [0.1, 0.15) is 52.9 Å². The molecular formula is C16H27ClO2. The topological polar surface area (TPSA) is 26.3 Å². The van der Waals surface area contributed by atoms with Crippen molar-refractivity contribution in [3.05, 3.63) is 0 Å². The SMILES string of the molecule is CC1CCC(C(C)C)C(OC(=O)C2CC2CCCl)C1. The molecule has 2 nitrogen and oxygen atoms in total. The zero-order valence-corrected chi connectivity index (χ0v) is 13.2. The lowest BCUT2D eigenvalue weighted by atomic mass is 9.75. The van der Waals surface area contributed by atoms with Crippen LogP contribution >= 0.6 is 11.6 Å². The minimum Gasteiger partial charge on any atom is -0.462 e. The van der Waals surface area contributed by atoms with Crippen LogP contribution in [0, 0.1) is 29.6 Å². The van der Waals surface area contributed by atoms with E-state index in [4.69, 9.17) is 16.3 Å². The van der Waals surface area contributed by atoms with E-state index in [-0.39, 0.29) is 18.0 Å². The summed E-state index contributed by atoms with van der Waals surface area (Å²) in [5.74, 6) is 3.16. The molecule has 2 rings (SSSR count). The normalized spacial score (nSPS) is 38.3. The van der Waals surface area contributed by atoms with Crippen molar-refractivity contribution in [2.45, 2.75) is 59.0 Å². The Balaban J connectivity index is 1.87. The molecule has 0 aromatic heterocycles. The molecule has 2 fully saturated rings. The van der Waals surface area contributed by atoms with Crippen molar-refractivity contribution in [2.24, 2.45) is 29.6 Å². The predicted octanol–water partition coefficient (Wildman–Crippen LogP) is 4.26. The van der Waals surface area contributed by atoms with Gasteiger partial charge in [0.1, 0.15) is 6.10 Å². The molecule has 0 heterocycles. The molecule has 0 amide bonds. The molecule has 0 saturated heterocycles. The van der Waals surface area contributed by atoms with Gasteiger partial charge in [-0.25, -0.2) is 0 Å². The first-order valence-electron chi connectivity index (χ1n) is 7.79. The molecule has 2 aliphatic rings. The highest BCUT2D eigenvalue weighted by Crippen LogP contribution is 2.44. The van der Waals surface area contributed by atoms with E-state index in [1.54, 1.807) is 0 Å². The molecule has 2 aliphatic carbocycles. The highest BCUT2D eigenvalue weighted by atomic mass is 35.5.